The molecule has 0 aromatic heterocycles. The highest BCUT2D eigenvalue weighted by Gasteiger charge is 2.05. The fourth-order valence-corrected chi connectivity index (χ4v) is 1.91. The molecule has 0 unspecified atom stereocenters. The molecule has 0 saturated heterocycles. The third-order valence-corrected chi connectivity index (χ3v) is 3.02. The van der Waals surface area contributed by atoms with E-state index < -0.39 is 0 Å². The van der Waals surface area contributed by atoms with Gasteiger partial charge < -0.3 is 14.2 Å². The normalized spacial score (nSPS) is 10.4. The number of nitrogens with zero attached hydrogens (tertiary/aromatic N) is 1. The van der Waals surface area contributed by atoms with Gasteiger partial charge in [0.05, 0.1) is 19.9 Å². The molecule has 0 fully saturated rings. The summed E-state index contributed by atoms with van der Waals surface area (Å²) in [4.78, 5) is 11.7. The number of benzene rings is 2. The van der Waals surface area contributed by atoms with Crippen molar-refractivity contribution in [3.05, 3.63) is 54.1 Å². The van der Waals surface area contributed by atoms with Crippen molar-refractivity contribution >= 4 is 12.1 Å². The summed E-state index contributed by atoms with van der Waals surface area (Å²) >= 11 is 0. The first-order valence-electron chi connectivity index (χ1n) is 7.53. The summed E-state index contributed by atoms with van der Waals surface area (Å²) in [6, 6.07) is 14.5. The van der Waals surface area contributed by atoms with Gasteiger partial charge in [-0.3, -0.25) is 4.79 Å². The Morgan fingerprint density at radius 1 is 1.08 bits per heavy atom. The van der Waals surface area contributed by atoms with Gasteiger partial charge in [0.1, 0.15) is 5.75 Å². The fraction of sp³-hybridized carbons (Fsp3) is 0.222. The summed E-state index contributed by atoms with van der Waals surface area (Å²) in [5, 5.41) is 3.90. The standard InChI is InChI=1S/C18H20N2O4/c1-3-23-15-10-8-14(9-11-15)12-19-20-18(21)13-24-17-7-5-4-6-16(17)22-2/h4-12H,3,13H2,1-2H3,(H,20,21). The highest BCUT2D eigenvalue weighted by Crippen LogP contribution is 2.25. The largest absolute Gasteiger partial charge is 0.494 e. The number of hydrogen-bond acceptors (Lipinski definition) is 5. The van der Waals surface area contributed by atoms with E-state index in [1.165, 1.54) is 0 Å². The summed E-state index contributed by atoms with van der Waals surface area (Å²) in [7, 11) is 1.55. The number of ether oxygens (including phenoxy) is 3. The van der Waals surface area contributed by atoms with Gasteiger partial charge in [0.25, 0.3) is 5.91 Å². The third kappa shape index (κ3) is 5.31. The van der Waals surface area contributed by atoms with Gasteiger partial charge in [0, 0.05) is 0 Å². The second-order valence-corrected chi connectivity index (χ2v) is 4.73. The summed E-state index contributed by atoms with van der Waals surface area (Å²) < 4.78 is 15.9. The van der Waals surface area contributed by atoms with Crippen molar-refractivity contribution in [3.63, 3.8) is 0 Å². The van der Waals surface area contributed by atoms with Crippen molar-refractivity contribution in [2.24, 2.45) is 5.10 Å². The second-order valence-electron chi connectivity index (χ2n) is 4.73. The quantitative estimate of drug-likeness (QED) is 0.597. The van der Waals surface area contributed by atoms with Gasteiger partial charge in [-0.15, -0.1) is 0 Å². The minimum atomic E-state index is -0.358. The van der Waals surface area contributed by atoms with Crippen molar-refractivity contribution < 1.29 is 19.0 Å². The molecule has 2 aromatic rings. The minimum absolute atomic E-state index is 0.152. The van der Waals surface area contributed by atoms with Crippen molar-refractivity contribution in [2.75, 3.05) is 20.3 Å². The molecule has 1 N–H and O–H groups in total. The predicted molar refractivity (Wildman–Crippen MR) is 91.8 cm³/mol. The van der Waals surface area contributed by atoms with Crippen LogP contribution in [0.5, 0.6) is 17.2 Å². The van der Waals surface area contributed by atoms with E-state index in [4.69, 9.17) is 14.2 Å². The number of methoxy groups -OCH3 is 1. The average Bonchev–Trinajstić information content (AvgIpc) is 2.62. The zero-order valence-electron chi connectivity index (χ0n) is 13.7. The smallest absolute Gasteiger partial charge is 0.277 e. The molecule has 24 heavy (non-hydrogen) atoms. The minimum Gasteiger partial charge on any atom is -0.494 e. The SMILES string of the molecule is CCOc1ccc(C=NNC(=O)COc2ccccc2OC)cc1. The molecule has 0 spiro atoms. The maximum absolute atomic E-state index is 11.7. The van der Waals surface area contributed by atoms with Gasteiger partial charge >= 0.3 is 0 Å². The molecule has 0 aliphatic heterocycles. The van der Waals surface area contributed by atoms with Crippen LogP contribution in [-0.4, -0.2) is 32.4 Å². The lowest BCUT2D eigenvalue weighted by molar-refractivity contribution is -0.123. The number of nitrogens with one attached hydrogen (secondary N) is 1. The molecule has 1 amide bonds. The van der Waals surface area contributed by atoms with Gasteiger partial charge in [-0.05, 0) is 48.9 Å². The zero-order valence-corrected chi connectivity index (χ0v) is 13.7. The van der Waals surface area contributed by atoms with Crippen LogP contribution in [0.4, 0.5) is 0 Å². The fourth-order valence-electron chi connectivity index (χ4n) is 1.91. The first-order chi connectivity index (χ1) is 11.7. The van der Waals surface area contributed by atoms with Crippen LogP contribution in [0.15, 0.2) is 53.6 Å². The maximum Gasteiger partial charge on any atom is 0.277 e. The third-order valence-electron chi connectivity index (χ3n) is 3.02. The summed E-state index contributed by atoms with van der Waals surface area (Å²) in [5.74, 6) is 1.51. The Balaban J connectivity index is 1.80. The van der Waals surface area contributed by atoms with E-state index in [0.29, 0.717) is 18.1 Å². The van der Waals surface area contributed by atoms with Crippen LogP contribution in [0.3, 0.4) is 0 Å². The lowest BCUT2D eigenvalue weighted by atomic mass is 10.2. The first-order valence-corrected chi connectivity index (χ1v) is 7.53. The summed E-state index contributed by atoms with van der Waals surface area (Å²) in [6.07, 6.45) is 1.55. The molecular formula is C18H20N2O4. The monoisotopic (exact) mass is 328 g/mol. The molecule has 0 bridgehead atoms. The molecule has 2 aromatic carbocycles. The molecule has 2 rings (SSSR count). The Hall–Kier alpha value is -3.02. The molecular weight excluding hydrogens is 308 g/mol. The number of carbonyl (C=O) groups excluding carboxylic acids is 1. The highest BCUT2D eigenvalue weighted by atomic mass is 16.5. The Morgan fingerprint density at radius 2 is 1.79 bits per heavy atom. The molecule has 0 aliphatic carbocycles. The van der Waals surface area contributed by atoms with E-state index in [9.17, 15) is 4.79 Å². The van der Waals surface area contributed by atoms with Crippen LogP contribution < -0.4 is 19.6 Å². The van der Waals surface area contributed by atoms with Gasteiger partial charge in [0.15, 0.2) is 18.1 Å². The zero-order chi connectivity index (χ0) is 17.2. The Labute approximate surface area is 141 Å². The Bertz CT molecular complexity index is 684. The number of para-hydroxylation sites is 2. The van der Waals surface area contributed by atoms with Crippen LogP contribution in [0.25, 0.3) is 0 Å². The van der Waals surface area contributed by atoms with Gasteiger partial charge in [0.2, 0.25) is 0 Å². The molecule has 0 aliphatic rings. The molecule has 126 valence electrons. The number of hydrogen-bond donors (Lipinski definition) is 1. The topological polar surface area (TPSA) is 69.2 Å². The number of rotatable bonds is 8. The van der Waals surface area contributed by atoms with Crippen LogP contribution in [0.2, 0.25) is 0 Å². The second kappa shape index (κ2) is 9.19. The summed E-state index contributed by atoms with van der Waals surface area (Å²) in [6.45, 7) is 2.40. The maximum atomic E-state index is 11.7. The average molecular weight is 328 g/mol. The Morgan fingerprint density at radius 3 is 2.46 bits per heavy atom. The summed E-state index contributed by atoms with van der Waals surface area (Å²) in [5.41, 5.74) is 3.26. The van der Waals surface area contributed by atoms with Crippen LogP contribution >= 0.6 is 0 Å². The van der Waals surface area contributed by atoms with Crippen molar-refractivity contribution in [1.82, 2.24) is 5.43 Å². The lowest BCUT2D eigenvalue weighted by Crippen LogP contribution is -2.24. The van der Waals surface area contributed by atoms with Crippen molar-refractivity contribution in [2.45, 2.75) is 6.92 Å². The van der Waals surface area contributed by atoms with Crippen LogP contribution in [0, 0.1) is 0 Å². The molecule has 6 heteroatoms. The van der Waals surface area contributed by atoms with Gasteiger partial charge in [-0.2, -0.15) is 5.10 Å². The van der Waals surface area contributed by atoms with Crippen molar-refractivity contribution in [1.29, 1.82) is 0 Å². The van der Waals surface area contributed by atoms with E-state index in [1.807, 2.05) is 37.3 Å². The number of amides is 1. The Kier molecular flexibility index (Phi) is 6.64. The van der Waals surface area contributed by atoms with Crippen molar-refractivity contribution in [3.8, 4) is 17.2 Å². The van der Waals surface area contributed by atoms with E-state index in [0.717, 1.165) is 11.3 Å². The molecule has 0 atom stereocenters. The van der Waals surface area contributed by atoms with Gasteiger partial charge in [-0.1, -0.05) is 12.1 Å². The van der Waals surface area contributed by atoms with Crippen LogP contribution in [-0.2, 0) is 4.79 Å². The van der Waals surface area contributed by atoms with Gasteiger partial charge in [-0.25, -0.2) is 5.43 Å². The lowest BCUT2D eigenvalue weighted by Gasteiger charge is -2.09. The van der Waals surface area contributed by atoms with E-state index >= 15 is 0 Å². The van der Waals surface area contributed by atoms with E-state index in [1.54, 1.807) is 31.5 Å². The van der Waals surface area contributed by atoms with E-state index in [-0.39, 0.29) is 12.5 Å². The predicted octanol–water partition coefficient (Wildman–Crippen LogP) is 2.62. The first kappa shape index (κ1) is 17.3. The number of hydrazone groups is 1. The molecule has 0 saturated carbocycles. The highest BCUT2D eigenvalue weighted by molar-refractivity contribution is 5.83. The van der Waals surface area contributed by atoms with E-state index in [2.05, 4.69) is 10.5 Å². The number of carbonyl (C=O) groups is 1. The molecule has 0 radical (unpaired) electrons. The molecule has 0 heterocycles. The molecule has 6 nitrogen and oxygen atoms in total. The van der Waals surface area contributed by atoms with Crippen LogP contribution in [0.1, 0.15) is 12.5 Å².